The van der Waals surface area contributed by atoms with Crippen molar-refractivity contribution >= 4 is 17.9 Å². The maximum Gasteiger partial charge on any atom is 0.338 e. The highest BCUT2D eigenvalue weighted by molar-refractivity contribution is 5.89. The minimum atomic E-state index is -0.953. The molecule has 0 bridgehead atoms. The molecule has 10 heteroatoms. The quantitative estimate of drug-likeness (QED) is 0.167. The zero-order valence-corrected chi connectivity index (χ0v) is 17.5. The van der Waals surface area contributed by atoms with Gasteiger partial charge >= 0.3 is 5.97 Å². The number of nitro benzene ring substituents is 1. The molecule has 32 heavy (non-hydrogen) atoms. The Morgan fingerprint density at radius 2 is 1.88 bits per heavy atom. The summed E-state index contributed by atoms with van der Waals surface area (Å²) in [7, 11) is 0. The average Bonchev–Trinajstić information content (AvgIpc) is 3.23. The molecular weight excluding hydrogens is 420 g/mol. The SMILES string of the molecule is CC1(C)O[C@H]2O[C@H](COC(=O)c3ccccc3)[C@@H](/[N+]([O-])=C/c3cccc([N+](=O)[O-])c3)[C@H]2O1. The van der Waals surface area contributed by atoms with Crippen LogP contribution in [0.3, 0.4) is 0 Å². The fourth-order valence-corrected chi connectivity index (χ4v) is 3.77. The zero-order chi connectivity index (χ0) is 22.9. The molecule has 0 radical (unpaired) electrons. The fraction of sp³-hybridized carbons (Fsp3) is 0.364. The van der Waals surface area contributed by atoms with Gasteiger partial charge in [-0.3, -0.25) is 10.1 Å². The molecule has 0 aliphatic carbocycles. The van der Waals surface area contributed by atoms with E-state index in [0.717, 1.165) is 0 Å². The second-order valence-corrected chi connectivity index (χ2v) is 7.94. The first kappa shape index (κ1) is 21.9. The molecular formula is C22H22N2O8. The Bertz CT molecular complexity index is 1040. The summed E-state index contributed by atoms with van der Waals surface area (Å²) in [5, 5.41) is 24.1. The molecule has 2 fully saturated rings. The maximum absolute atomic E-state index is 13.1. The van der Waals surface area contributed by atoms with Gasteiger partial charge in [-0.1, -0.05) is 24.3 Å². The van der Waals surface area contributed by atoms with Crippen LogP contribution < -0.4 is 0 Å². The topological polar surface area (TPSA) is 123 Å². The summed E-state index contributed by atoms with van der Waals surface area (Å²) in [5.74, 6) is -1.50. The average molecular weight is 442 g/mol. The van der Waals surface area contributed by atoms with Crippen molar-refractivity contribution in [2.75, 3.05) is 6.61 Å². The van der Waals surface area contributed by atoms with Crippen molar-refractivity contribution in [1.82, 2.24) is 0 Å². The van der Waals surface area contributed by atoms with Gasteiger partial charge in [0.2, 0.25) is 6.04 Å². The van der Waals surface area contributed by atoms with Crippen molar-refractivity contribution in [2.45, 2.75) is 44.2 Å². The monoisotopic (exact) mass is 442 g/mol. The number of hydroxylamine groups is 1. The molecule has 4 rings (SSSR count). The first-order chi connectivity index (χ1) is 15.2. The van der Waals surface area contributed by atoms with Gasteiger partial charge in [-0.15, -0.1) is 0 Å². The number of esters is 1. The lowest BCUT2D eigenvalue weighted by Crippen LogP contribution is -2.44. The second-order valence-electron chi connectivity index (χ2n) is 7.94. The standard InChI is InChI=1S/C22H22N2O8/c1-22(2)31-19-18(23(26)12-14-7-6-10-16(11-14)24(27)28)17(30-21(19)32-22)13-29-20(25)15-8-4-3-5-9-15/h3-12,17-19,21H,13H2,1-2H3/b23-12-/t17-,18-,19-,21-/m1/s1. The number of hydrogen-bond donors (Lipinski definition) is 0. The molecule has 2 aromatic carbocycles. The number of non-ortho nitro benzene ring substituents is 1. The number of ether oxygens (including phenoxy) is 4. The molecule has 0 amide bonds. The lowest BCUT2D eigenvalue weighted by atomic mass is 10.1. The Morgan fingerprint density at radius 1 is 1.12 bits per heavy atom. The molecule has 0 unspecified atom stereocenters. The summed E-state index contributed by atoms with van der Waals surface area (Å²) in [5.41, 5.74) is 0.580. The van der Waals surface area contributed by atoms with Gasteiger partial charge < -0.3 is 24.2 Å². The van der Waals surface area contributed by atoms with Gasteiger partial charge in [-0.25, -0.2) is 9.53 Å². The third-order valence-electron chi connectivity index (χ3n) is 5.15. The van der Waals surface area contributed by atoms with Crippen LogP contribution in [-0.4, -0.2) is 58.8 Å². The van der Waals surface area contributed by atoms with Crippen molar-refractivity contribution in [3.05, 3.63) is 81.0 Å². The van der Waals surface area contributed by atoms with Gasteiger partial charge in [0.15, 0.2) is 30.5 Å². The number of hydrogen-bond acceptors (Lipinski definition) is 8. The van der Waals surface area contributed by atoms with E-state index in [-0.39, 0.29) is 12.3 Å². The third kappa shape index (κ3) is 4.62. The molecule has 2 aromatic rings. The second kappa shape index (κ2) is 8.65. The van der Waals surface area contributed by atoms with Gasteiger partial charge in [0.05, 0.1) is 10.5 Å². The van der Waals surface area contributed by atoms with E-state index in [0.29, 0.717) is 15.9 Å². The molecule has 168 valence electrons. The molecule has 4 atom stereocenters. The molecule has 0 aromatic heterocycles. The number of nitro groups is 1. The minimum Gasteiger partial charge on any atom is -0.623 e. The van der Waals surface area contributed by atoms with Gasteiger partial charge in [0.1, 0.15) is 6.61 Å². The molecule has 2 aliphatic heterocycles. The van der Waals surface area contributed by atoms with E-state index in [9.17, 15) is 20.1 Å². The van der Waals surface area contributed by atoms with E-state index in [1.807, 2.05) is 0 Å². The van der Waals surface area contributed by atoms with Crippen LogP contribution in [0.25, 0.3) is 0 Å². The first-order valence-corrected chi connectivity index (χ1v) is 10.0. The number of carbonyl (C=O) groups is 1. The summed E-state index contributed by atoms with van der Waals surface area (Å²) < 4.78 is 23.4. The van der Waals surface area contributed by atoms with Crippen molar-refractivity contribution in [3.8, 4) is 0 Å². The lowest BCUT2D eigenvalue weighted by molar-refractivity contribution is -0.514. The van der Waals surface area contributed by atoms with E-state index in [1.54, 1.807) is 50.2 Å². The largest absolute Gasteiger partial charge is 0.623 e. The van der Waals surface area contributed by atoms with Crippen LogP contribution in [0.15, 0.2) is 54.6 Å². The van der Waals surface area contributed by atoms with Crippen LogP contribution in [0.5, 0.6) is 0 Å². The first-order valence-electron chi connectivity index (χ1n) is 10.0. The number of carbonyl (C=O) groups excluding carboxylic acids is 1. The smallest absolute Gasteiger partial charge is 0.338 e. The number of rotatable bonds is 6. The van der Waals surface area contributed by atoms with E-state index in [2.05, 4.69) is 0 Å². The summed E-state index contributed by atoms with van der Waals surface area (Å²) >= 11 is 0. The summed E-state index contributed by atoms with van der Waals surface area (Å²) in [6.07, 6.45) is -1.16. The molecule has 2 aliphatic rings. The Kier molecular flexibility index (Phi) is 5.92. The van der Waals surface area contributed by atoms with Crippen molar-refractivity contribution in [3.63, 3.8) is 0 Å². The highest BCUT2D eigenvalue weighted by Crippen LogP contribution is 2.38. The Labute approximate surface area is 183 Å². The lowest BCUT2D eigenvalue weighted by Gasteiger charge is -2.24. The molecule has 2 heterocycles. The molecule has 2 saturated heterocycles. The van der Waals surface area contributed by atoms with Gasteiger partial charge in [-0.05, 0) is 32.0 Å². The zero-order valence-electron chi connectivity index (χ0n) is 17.5. The summed E-state index contributed by atoms with van der Waals surface area (Å²) in [6.45, 7) is 3.21. The highest BCUT2D eigenvalue weighted by atomic mass is 16.8. The molecule has 0 N–H and O–H groups in total. The minimum absolute atomic E-state index is 0.136. The third-order valence-corrected chi connectivity index (χ3v) is 5.15. The Hall–Kier alpha value is -3.34. The van der Waals surface area contributed by atoms with E-state index in [1.165, 1.54) is 24.4 Å². The predicted molar refractivity (Wildman–Crippen MR) is 111 cm³/mol. The summed E-state index contributed by atoms with van der Waals surface area (Å²) in [6, 6.07) is 13.2. The van der Waals surface area contributed by atoms with Crippen molar-refractivity contribution in [1.29, 1.82) is 0 Å². The Morgan fingerprint density at radius 3 is 2.59 bits per heavy atom. The van der Waals surface area contributed by atoms with Crippen LogP contribution in [0.1, 0.15) is 29.8 Å². The van der Waals surface area contributed by atoms with Gasteiger partial charge in [0.25, 0.3) is 5.69 Å². The van der Waals surface area contributed by atoms with Gasteiger partial charge in [-0.2, -0.15) is 0 Å². The summed E-state index contributed by atoms with van der Waals surface area (Å²) in [4.78, 5) is 22.8. The van der Waals surface area contributed by atoms with E-state index < -0.39 is 41.2 Å². The van der Waals surface area contributed by atoms with Crippen molar-refractivity contribution < 1.29 is 33.4 Å². The Balaban J connectivity index is 1.55. The predicted octanol–water partition coefficient (Wildman–Crippen LogP) is 2.63. The van der Waals surface area contributed by atoms with Crippen LogP contribution in [0.4, 0.5) is 5.69 Å². The van der Waals surface area contributed by atoms with Crippen LogP contribution >= 0.6 is 0 Å². The van der Waals surface area contributed by atoms with Crippen LogP contribution in [0, 0.1) is 15.3 Å². The number of nitrogens with zero attached hydrogens (tertiary/aromatic N) is 2. The highest BCUT2D eigenvalue weighted by Gasteiger charge is 2.59. The maximum atomic E-state index is 13.1. The molecule has 0 saturated carbocycles. The fourth-order valence-electron chi connectivity index (χ4n) is 3.77. The van der Waals surface area contributed by atoms with E-state index >= 15 is 0 Å². The van der Waals surface area contributed by atoms with Crippen molar-refractivity contribution in [2.24, 2.45) is 0 Å². The van der Waals surface area contributed by atoms with E-state index in [4.69, 9.17) is 18.9 Å². The number of benzene rings is 2. The van der Waals surface area contributed by atoms with Gasteiger partial charge in [0, 0.05) is 17.7 Å². The molecule has 10 nitrogen and oxygen atoms in total. The van der Waals surface area contributed by atoms with Crippen LogP contribution in [-0.2, 0) is 18.9 Å². The molecule has 0 spiro atoms. The normalized spacial score (nSPS) is 26.5. The number of fused-ring (bicyclic) bond motifs is 1. The van der Waals surface area contributed by atoms with Crippen LogP contribution in [0.2, 0.25) is 0 Å².